The van der Waals surface area contributed by atoms with Crippen LogP contribution >= 0.6 is 11.6 Å². The fourth-order valence-corrected chi connectivity index (χ4v) is 2.78. The maximum atomic E-state index is 12.5. The lowest BCUT2D eigenvalue weighted by Gasteiger charge is -2.17. The van der Waals surface area contributed by atoms with Crippen molar-refractivity contribution in [2.75, 3.05) is 7.11 Å². The topological polar surface area (TPSA) is 55.4 Å². The third-order valence-electron chi connectivity index (χ3n) is 3.66. The Bertz CT molecular complexity index is 738. The van der Waals surface area contributed by atoms with E-state index in [1.54, 1.807) is 18.2 Å². The molecule has 0 radical (unpaired) electrons. The summed E-state index contributed by atoms with van der Waals surface area (Å²) < 4.78 is 4.81. The minimum Gasteiger partial charge on any atom is -0.467 e. The number of amides is 1. The van der Waals surface area contributed by atoms with E-state index in [2.05, 4.69) is 5.32 Å². The summed E-state index contributed by atoms with van der Waals surface area (Å²) in [5.74, 6) is -0.822. The number of benzene rings is 2. The van der Waals surface area contributed by atoms with Gasteiger partial charge in [0.15, 0.2) is 0 Å². The highest BCUT2D eigenvalue weighted by Crippen LogP contribution is 2.17. The molecule has 0 aliphatic carbocycles. The van der Waals surface area contributed by atoms with Gasteiger partial charge in [-0.15, -0.1) is 0 Å². The SMILES string of the molecule is COC(=O)[C@@H](Cc1ccccc1Cl)NC(=O)c1cc(C)cc(C)c1. The normalized spacial score (nSPS) is 11.7. The van der Waals surface area contributed by atoms with Crippen molar-refractivity contribution in [1.29, 1.82) is 0 Å². The number of hydrogen-bond donors (Lipinski definition) is 1. The fraction of sp³-hybridized carbons (Fsp3) is 0.263. The van der Waals surface area contributed by atoms with Crippen molar-refractivity contribution >= 4 is 23.5 Å². The number of nitrogens with one attached hydrogen (secondary N) is 1. The van der Waals surface area contributed by atoms with Gasteiger partial charge >= 0.3 is 5.97 Å². The Kier molecular flexibility index (Phi) is 5.99. The molecule has 1 amide bonds. The molecule has 1 atom stereocenters. The van der Waals surface area contributed by atoms with Gasteiger partial charge in [0.25, 0.3) is 5.91 Å². The molecule has 126 valence electrons. The van der Waals surface area contributed by atoms with Crippen LogP contribution in [0.5, 0.6) is 0 Å². The molecule has 0 aliphatic rings. The van der Waals surface area contributed by atoms with E-state index in [0.717, 1.165) is 16.7 Å². The van der Waals surface area contributed by atoms with Crippen molar-refractivity contribution in [2.24, 2.45) is 0 Å². The Morgan fingerprint density at radius 1 is 1.12 bits per heavy atom. The van der Waals surface area contributed by atoms with Crippen LogP contribution in [0.25, 0.3) is 0 Å². The summed E-state index contributed by atoms with van der Waals surface area (Å²) in [6.07, 6.45) is 0.267. The molecule has 2 rings (SSSR count). The van der Waals surface area contributed by atoms with Gasteiger partial charge in [-0.25, -0.2) is 4.79 Å². The van der Waals surface area contributed by atoms with E-state index in [4.69, 9.17) is 16.3 Å². The Morgan fingerprint density at radius 3 is 2.33 bits per heavy atom. The van der Waals surface area contributed by atoms with Crippen LogP contribution in [0.1, 0.15) is 27.0 Å². The molecular formula is C19H20ClNO3. The third kappa shape index (κ3) is 4.59. The molecule has 24 heavy (non-hydrogen) atoms. The van der Waals surface area contributed by atoms with Crippen LogP contribution in [-0.4, -0.2) is 25.0 Å². The Morgan fingerprint density at radius 2 is 1.75 bits per heavy atom. The van der Waals surface area contributed by atoms with E-state index in [-0.39, 0.29) is 12.3 Å². The molecule has 5 heteroatoms. The summed E-state index contributed by atoms with van der Waals surface area (Å²) >= 11 is 6.15. The van der Waals surface area contributed by atoms with Crippen molar-refractivity contribution in [3.8, 4) is 0 Å². The van der Waals surface area contributed by atoms with Crippen LogP contribution in [-0.2, 0) is 16.0 Å². The van der Waals surface area contributed by atoms with E-state index in [1.165, 1.54) is 7.11 Å². The quantitative estimate of drug-likeness (QED) is 0.844. The first kappa shape index (κ1) is 18.0. The van der Waals surface area contributed by atoms with Gasteiger partial charge in [-0.05, 0) is 37.6 Å². The first-order valence-electron chi connectivity index (χ1n) is 7.61. The molecule has 0 aromatic heterocycles. The zero-order valence-electron chi connectivity index (χ0n) is 13.9. The standard InChI is InChI=1S/C19H20ClNO3/c1-12-8-13(2)10-15(9-12)18(22)21-17(19(23)24-3)11-14-6-4-5-7-16(14)20/h4-10,17H,11H2,1-3H3,(H,21,22)/t17-/m1/s1. The summed E-state index contributed by atoms with van der Waals surface area (Å²) in [6.45, 7) is 3.84. The number of carbonyl (C=O) groups is 2. The van der Waals surface area contributed by atoms with Crippen molar-refractivity contribution in [3.05, 3.63) is 69.7 Å². The lowest BCUT2D eigenvalue weighted by Crippen LogP contribution is -2.43. The minimum absolute atomic E-state index is 0.267. The zero-order chi connectivity index (χ0) is 17.7. The predicted molar refractivity (Wildman–Crippen MR) is 94.3 cm³/mol. The molecule has 2 aromatic carbocycles. The van der Waals surface area contributed by atoms with Crippen LogP contribution in [0.4, 0.5) is 0 Å². The molecule has 4 nitrogen and oxygen atoms in total. The highest BCUT2D eigenvalue weighted by molar-refractivity contribution is 6.31. The number of carbonyl (C=O) groups excluding carboxylic acids is 2. The number of ether oxygens (including phenoxy) is 1. The summed E-state index contributed by atoms with van der Waals surface area (Å²) in [4.78, 5) is 24.6. The molecule has 0 fully saturated rings. The van der Waals surface area contributed by atoms with Crippen LogP contribution < -0.4 is 5.32 Å². The molecule has 2 aromatic rings. The number of halogens is 1. The maximum absolute atomic E-state index is 12.5. The molecule has 0 saturated carbocycles. The van der Waals surface area contributed by atoms with Crippen molar-refractivity contribution in [2.45, 2.75) is 26.3 Å². The summed E-state index contributed by atoms with van der Waals surface area (Å²) in [6, 6.07) is 12.0. The molecular weight excluding hydrogens is 326 g/mol. The van der Waals surface area contributed by atoms with E-state index in [9.17, 15) is 9.59 Å². The lowest BCUT2D eigenvalue weighted by atomic mass is 10.0. The van der Waals surface area contributed by atoms with Gasteiger partial charge in [-0.2, -0.15) is 0 Å². The molecule has 0 aliphatic heterocycles. The molecule has 0 spiro atoms. The monoisotopic (exact) mass is 345 g/mol. The van der Waals surface area contributed by atoms with Gasteiger partial charge in [0, 0.05) is 17.0 Å². The van der Waals surface area contributed by atoms with Crippen molar-refractivity contribution in [3.63, 3.8) is 0 Å². The average molecular weight is 346 g/mol. The number of methoxy groups -OCH3 is 1. The van der Waals surface area contributed by atoms with Crippen LogP contribution in [0.2, 0.25) is 5.02 Å². The van der Waals surface area contributed by atoms with Crippen LogP contribution in [0.3, 0.4) is 0 Å². The van der Waals surface area contributed by atoms with Crippen molar-refractivity contribution in [1.82, 2.24) is 5.32 Å². The van der Waals surface area contributed by atoms with Gasteiger partial charge in [0.05, 0.1) is 7.11 Å². The molecule has 0 bridgehead atoms. The van der Waals surface area contributed by atoms with E-state index < -0.39 is 12.0 Å². The van der Waals surface area contributed by atoms with Gasteiger partial charge in [0.2, 0.25) is 0 Å². The summed E-state index contributed by atoms with van der Waals surface area (Å²) in [7, 11) is 1.30. The van der Waals surface area contributed by atoms with Gasteiger partial charge in [-0.1, -0.05) is 47.0 Å². The number of hydrogen-bond acceptors (Lipinski definition) is 3. The summed E-state index contributed by atoms with van der Waals surface area (Å²) in [5, 5.41) is 3.29. The van der Waals surface area contributed by atoms with E-state index >= 15 is 0 Å². The Hall–Kier alpha value is -2.33. The largest absolute Gasteiger partial charge is 0.467 e. The summed E-state index contributed by atoms with van der Waals surface area (Å²) in [5.41, 5.74) is 3.26. The second-order valence-electron chi connectivity index (χ2n) is 5.72. The Labute approximate surface area is 146 Å². The lowest BCUT2D eigenvalue weighted by molar-refractivity contribution is -0.142. The molecule has 0 unspecified atom stereocenters. The van der Waals surface area contributed by atoms with Crippen LogP contribution in [0, 0.1) is 13.8 Å². The predicted octanol–water partition coefficient (Wildman–Crippen LogP) is 3.47. The highest BCUT2D eigenvalue weighted by atomic mass is 35.5. The maximum Gasteiger partial charge on any atom is 0.328 e. The number of rotatable bonds is 5. The second kappa shape index (κ2) is 7.97. The average Bonchev–Trinajstić information content (AvgIpc) is 2.54. The smallest absolute Gasteiger partial charge is 0.328 e. The first-order chi connectivity index (χ1) is 11.4. The first-order valence-corrected chi connectivity index (χ1v) is 7.99. The number of esters is 1. The van der Waals surface area contributed by atoms with Crippen LogP contribution in [0.15, 0.2) is 42.5 Å². The second-order valence-corrected chi connectivity index (χ2v) is 6.13. The zero-order valence-corrected chi connectivity index (χ0v) is 14.7. The Balaban J connectivity index is 2.21. The van der Waals surface area contributed by atoms with E-state index in [0.29, 0.717) is 10.6 Å². The van der Waals surface area contributed by atoms with Gasteiger partial charge in [0.1, 0.15) is 6.04 Å². The minimum atomic E-state index is -0.803. The highest BCUT2D eigenvalue weighted by Gasteiger charge is 2.23. The van der Waals surface area contributed by atoms with E-state index in [1.807, 2.05) is 38.1 Å². The molecule has 0 saturated heterocycles. The van der Waals surface area contributed by atoms with Crippen molar-refractivity contribution < 1.29 is 14.3 Å². The molecule has 0 heterocycles. The fourth-order valence-electron chi connectivity index (χ4n) is 2.57. The third-order valence-corrected chi connectivity index (χ3v) is 4.03. The van der Waals surface area contributed by atoms with Gasteiger partial charge < -0.3 is 10.1 Å². The van der Waals surface area contributed by atoms with Gasteiger partial charge in [-0.3, -0.25) is 4.79 Å². The molecule has 1 N–H and O–H groups in total. The number of aryl methyl sites for hydroxylation is 2.